The SMILES string of the molecule is [B]c1c([B])c([B])c(S(c2c([B])c([B])c([B])c([B])c2[B])(c2c([B])c([B])c([B])c([B])c2[B])c2c([B])c([B])c3c(c2[B])c2c([B])c([B])c([B])c([B])c2n3-c2c(C#N)c([B])c3c4c2Oc2c([B])c([B])c([B])c([B])c2B4c2c([B])c([B])c([B])c([B])c2O3)c([B])c1[B]. The lowest BCUT2D eigenvalue weighted by Gasteiger charge is -2.53. The Hall–Kier alpha value is -4.92. The average Bonchev–Trinajstić information content (AvgIpc) is 1.10. The number of nitriles is 1. The minimum atomic E-state index is -4.42. The van der Waals surface area contributed by atoms with Gasteiger partial charge in [0, 0.05) is 21.9 Å². The molecule has 9 aromatic rings. The zero-order valence-corrected chi connectivity index (χ0v) is 45.9. The Morgan fingerprint density at radius 1 is 0.267 bits per heavy atom. The van der Waals surface area contributed by atoms with Crippen molar-refractivity contribution in [3.63, 3.8) is 0 Å². The predicted octanol–water partition coefficient (Wildman–Crippen LogP) is -26.7. The number of aromatic nitrogens is 1. The van der Waals surface area contributed by atoms with Gasteiger partial charge in [-0.15, -0.1) is 103 Å². The molecule has 320 valence electrons. The Labute approximate surface area is 542 Å². The van der Waals surface area contributed by atoms with E-state index in [0.717, 1.165) is 0 Å². The van der Waals surface area contributed by atoms with Crippen molar-refractivity contribution in [3.05, 3.63) is 5.56 Å². The zero-order chi connectivity index (χ0) is 63.5. The van der Waals surface area contributed by atoms with Gasteiger partial charge in [-0.05, 0) is 41.4 Å². The third-order valence-electron chi connectivity index (χ3n) is 16.4. The summed E-state index contributed by atoms with van der Waals surface area (Å²) in [7, 11) is 210. The third-order valence-corrected chi connectivity index (χ3v) is 20.6. The quantitative estimate of drug-likeness (QED) is 0.161. The zero-order valence-electron chi connectivity index (χ0n) is 45.1. The average molecular weight is 1030 g/mol. The highest BCUT2D eigenvalue weighted by atomic mass is 32.3. The third kappa shape index (κ3) is 7.77. The van der Waals surface area contributed by atoms with Gasteiger partial charge >= 0.3 is 0 Å². The highest BCUT2D eigenvalue weighted by Gasteiger charge is 2.48. The second-order valence-electron chi connectivity index (χ2n) is 20.6. The Morgan fingerprint density at radius 3 is 0.895 bits per heavy atom. The van der Waals surface area contributed by atoms with E-state index in [1.54, 1.807) is 0 Å². The van der Waals surface area contributed by atoms with E-state index in [-0.39, 0.29) is 207 Å². The van der Waals surface area contributed by atoms with Crippen molar-refractivity contribution in [2.24, 2.45) is 0 Å². The number of hydrogen-bond acceptors (Lipinski definition) is 3. The number of nitrogens with zero attached hydrogens (tertiary/aromatic N) is 2. The molecule has 0 saturated carbocycles. The van der Waals surface area contributed by atoms with Crippen molar-refractivity contribution < 1.29 is 9.47 Å². The van der Waals surface area contributed by atoms with E-state index >= 15 is 0 Å². The molecule has 0 fully saturated rings. The highest BCUT2D eigenvalue weighted by molar-refractivity contribution is 8.35. The minimum absolute atomic E-state index is 0.00466. The van der Waals surface area contributed by atoms with Gasteiger partial charge in [0.05, 0.1) is 5.56 Å². The Bertz CT molecular complexity index is 4550. The summed E-state index contributed by atoms with van der Waals surface area (Å²) in [4.78, 5) is -1.37. The summed E-state index contributed by atoms with van der Waals surface area (Å²) < 4.78 is 14.8. The minimum Gasteiger partial charge on any atom is -0.460 e. The van der Waals surface area contributed by atoms with Gasteiger partial charge in [-0.25, -0.2) is 0 Å². The van der Waals surface area contributed by atoms with Crippen LogP contribution in [0, 0.1) is 11.3 Å². The molecule has 0 bridgehead atoms. The van der Waals surface area contributed by atoms with Crippen LogP contribution in [0.15, 0.2) is 19.6 Å². The summed E-state index contributed by atoms with van der Waals surface area (Å²) in [6.07, 6.45) is 0. The van der Waals surface area contributed by atoms with Crippen LogP contribution >= 0.6 is 10.0 Å². The van der Waals surface area contributed by atoms with Crippen LogP contribution in [0.25, 0.3) is 27.5 Å². The highest BCUT2D eigenvalue weighted by Crippen LogP contribution is 2.69. The van der Waals surface area contributed by atoms with Crippen molar-refractivity contribution in [2.75, 3.05) is 0 Å². The van der Waals surface area contributed by atoms with Gasteiger partial charge in [0.25, 0.3) is 6.71 Å². The van der Waals surface area contributed by atoms with Crippen LogP contribution < -0.4 is 195 Å². The van der Waals surface area contributed by atoms with Gasteiger partial charge in [0.2, 0.25) is 0 Å². The Kier molecular flexibility index (Phi) is 15.4. The van der Waals surface area contributed by atoms with Crippen LogP contribution in [0.4, 0.5) is 0 Å². The molecule has 0 aliphatic carbocycles. The van der Waals surface area contributed by atoms with Gasteiger partial charge in [0.1, 0.15) is 272 Å². The first kappa shape index (κ1) is 62.7. The largest absolute Gasteiger partial charge is 0.460 e. The molecule has 2 aliphatic heterocycles. The summed E-state index contributed by atoms with van der Waals surface area (Å²) >= 11 is 0. The maximum atomic E-state index is 11.6. The number of rotatable bonds is 5. The van der Waals surface area contributed by atoms with Gasteiger partial charge in [-0.2, -0.15) is 5.26 Å². The Balaban J connectivity index is 1.47. The lowest BCUT2D eigenvalue weighted by Crippen LogP contribution is -2.72. The van der Waals surface area contributed by atoms with Crippen LogP contribution in [0.2, 0.25) is 0 Å². The first-order chi connectivity index (χ1) is 40.1. The second kappa shape index (κ2) is 21.1. The molecule has 86 heavy (non-hydrogen) atoms. The van der Waals surface area contributed by atoms with E-state index < -0.39 is 71.5 Å². The molecule has 0 spiro atoms. The lowest BCUT2D eigenvalue weighted by molar-refractivity contribution is 0.470. The van der Waals surface area contributed by atoms with Crippen LogP contribution in [0.5, 0.6) is 23.0 Å². The molecule has 0 unspecified atom stereocenters. The fourth-order valence-electron chi connectivity index (χ4n) is 11.9. The molecule has 37 heteroatoms. The van der Waals surface area contributed by atoms with Crippen molar-refractivity contribution in [3.8, 4) is 34.8 Å². The smallest absolute Gasteiger partial charge is 0.259 e. The van der Waals surface area contributed by atoms with Gasteiger partial charge in [0.15, 0.2) is 5.75 Å². The van der Waals surface area contributed by atoms with Gasteiger partial charge < -0.3 is 14.0 Å². The Morgan fingerprint density at radius 2 is 0.523 bits per heavy atom. The number of hydrogen-bond donors (Lipinski definition) is 0. The predicted molar refractivity (Wildman–Crippen MR) is 390 cm³/mol. The molecule has 0 amide bonds. The molecule has 3 heterocycles. The van der Waals surface area contributed by atoms with Crippen LogP contribution in [-0.2, 0) is 0 Å². The summed E-state index contributed by atoms with van der Waals surface area (Å²) in [5.74, 6) is -0.857. The summed E-state index contributed by atoms with van der Waals surface area (Å²) in [5.41, 5.74) is -11.2. The standard InChI is InChI=1S/C49B32N2O2S/c50-5-2(1-82)39(45-38-42(5)84-43-27(72)15(60)12(57)23(68)36(43)81(38)37-24(69)13(58)16(61)28(73)44(37)85-45)83-40-3(6(51)8(53)14(59)25(40)70)4-7(52)46(35(80)26(71)41(4)83)86(47-29(74)17(62)9(54)18(63)30(47)75,48-31(76)19(64)10(55)20(65)32(48)77)49-33(78)21(66)11(56)22(67)34(49)79. The topological polar surface area (TPSA) is 47.2 Å². The molecule has 1 aromatic heterocycles. The molecule has 0 atom stereocenters. The van der Waals surface area contributed by atoms with Gasteiger partial charge in [-0.3, -0.25) is 0 Å². The van der Waals surface area contributed by atoms with E-state index in [4.69, 9.17) is 253 Å². The molecule has 4 nitrogen and oxygen atoms in total. The lowest BCUT2D eigenvalue weighted by atomic mass is 9.30. The summed E-state index contributed by atoms with van der Waals surface area (Å²) in [6, 6.07) is 2.16. The molecule has 62 radical (unpaired) electrons. The van der Waals surface area contributed by atoms with Crippen molar-refractivity contribution >= 4 is 468 Å². The normalized spacial score (nSPS) is 12.6. The first-order valence-corrected chi connectivity index (χ1v) is 26.5. The van der Waals surface area contributed by atoms with E-state index in [0.29, 0.717) is 0 Å². The molecule has 11 rings (SSSR count). The van der Waals surface area contributed by atoms with Crippen LogP contribution in [0.1, 0.15) is 5.56 Å². The molecular formula is C49B32N2O2S. The summed E-state index contributed by atoms with van der Waals surface area (Å²) in [5, 5.41) is 11.3. The molecule has 8 aromatic carbocycles. The fourth-order valence-corrected chi connectivity index (χ4v) is 16.6. The summed E-state index contributed by atoms with van der Waals surface area (Å²) in [6.45, 7) is -1.31. The van der Waals surface area contributed by atoms with Gasteiger partial charge in [-0.1, -0.05) is 71.0 Å². The van der Waals surface area contributed by atoms with E-state index in [2.05, 4.69) is 6.07 Å². The fraction of sp³-hybridized carbons (Fsp3) is 0. The second-order valence-corrected chi connectivity index (χ2v) is 23.4. The maximum Gasteiger partial charge on any atom is 0.259 e. The van der Waals surface area contributed by atoms with Crippen molar-refractivity contribution in [1.82, 2.24) is 4.57 Å². The van der Waals surface area contributed by atoms with E-state index in [1.165, 1.54) is 4.57 Å². The number of fused-ring (bicyclic) bond motifs is 7. The maximum absolute atomic E-state index is 11.6. The van der Waals surface area contributed by atoms with E-state index in [9.17, 15) is 5.26 Å². The van der Waals surface area contributed by atoms with Crippen LogP contribution in [-0.4, -0.2) is 255 Å². The van der Waals surface area contributed by atoms with E-state index in [1.807, 2.05) is 0 Å². The molecule has 2 aliphatic rings. The molecular weight excluding hydrogens is 1030 g/mol. The molecule has 0 N–H and O–H groups in total. The molecule has 0 saturated heterocycles. The van der Waals surface area contributed by atoms with Crippen molar-refractivity contribution in [1.29, 1.82) is 5.26 Å². The monoisotopic (exact) mass is 1030 g/mol. The number of benzene rings is 8. The first-order valence-electron chi connectivity index (χ1n) is 24.8. The van der Waals surface area contributed by atoms with Crippen LogP contribution in [0.3, 0.4) is 0 Å². The van der Waals surface area contributed by atoms with Crippen molar-refractivity contribution in [2.45, 2.75) is 19.6 Å². The number of ether oxygens (including phenoxy) is 2.